The molecule has 0 aromatic carbocycles. The molecular weight excluding hydrogens is 242 g/mol. The number of nitrogens with one attached hydrogen (secondary N) is 2. The molecule has 1 atom stereocenters. The standard InChI is InChI=1S/C14H23N3O2/c1-4-19-13(9(2)3)14-16-11(7-12(18)17-14)8-15-10-5-6-10/h7,9-10,13,15H,4-6,8H2,1-3H3,(H,16,17,18). The molecule has 19 heavy (non-hydrogen) atoms. The van der Waals surface area contributed by atoms with Gasteiger partial charge in [-0.2, -0.15) is 0 Å². The van der Waals surface area contributed by atoms with Crippen molar-refractivity contribution in [3.8, 4) is 0 Å². The molecule has 5 heteroatoms. The van der Waals surface area contributed by atoms with Crippen molar-refractivity contribution < 1.29 is 4.74 Å². The van der Waals surface area contributed by atoms with Crippen LogP contribution in [0.1, 0.15) is 51.2 Å². The summed E-state index contributed by atoms with van der Waals surface area (Å²) in [4.78, 5) is 19.1. The van der Waals surface area contributed by atoms with Gasteiger partial charge in [0.2, 0.25) is 0 Å². The summed E-state index contributed by atoms with van der Waals surface area (Å²) >= 11 is 0. The Labute approximate surface area is 113 Å². The third kappa shape index (κ3) is 4.14. The number of nitrogens with zero attached hydrogens (tertiary/aromatic N) is 1. The van der Waals surface area contributed by atoms with E-state index in [9.17, 15) is 4.79 Å². The summed E-state index contributed by atoms with van der Waals surface area (Å²) in [5.41, 5.74) is 0.680. The van der Waals surface area contributed by atoms with E-state index in [-0.39, 0.29) is 17.6 Å². The minimum Gasteiger partial charge on any atom is -0.370 e. The van der Waals surface area contributed by atoms with E-state index in [4.69, 9.17) is 4.74 Å². The van der Waals surface area contributed by atoms with Crippen LogP contribution in [0.4, 0.5) is 0 Å². The van der Waals surface area contributed by atoms with Gasteiger partial charge in [0.25, 0.3) is 5.56 Å². The van der Waals surface area contributed by atoms with E-state index in [1.165, 1.54) is 12.8 Å². The van der Waals surface area contributed by atoms with Gasteiger partial charge in [-0.3, -0.25) is 4.79 Å². The van der Waals surface area contributed by atoms with Gasteiger partial charge in [0, 0.05) is 25.3 Å². The average molecular weight is 265 g/mol. The first-order valence-corrected chi connectivity index (χ1v) is 7.05. The average Bonchev–Trinajstić information content (AvgIpc) is 3.16. The van der Waals surface area contributed by atoms with Gasteiger partial charge in [-0.05, 0) is 25.7 Å². The molecule has 0 saturated heterocycles. The lowest BCUT2D eigenvalue weighted by Gasteiger charge is -2.20. The molecule has 2 N–H and O–H groups in total. The van der Waals surface area contributed by atoms with Crippen molar-refractivity contribution in [1.29, 1.82) is 0 Å². The molecule has 5 nitrogen and oxygen atoms in total. The molecule has 0 radical (unpaired) electrons. The van der Waals surface area contributed by atoms with Gasteiger partial charge >= 0.3 is 0 Å². The summed E-state index contributed by atoms with van der Waals surface area (Å²) in [6.07, 6.45) is 2.30. The number of aromatic amines is 1. The molecule has 0 bridgehead atoms. The fourth-order valence-corrected chi connectivity index (χ4v) is 2.06. The van der Waals surface area contributed by atoms with E-state index in [1.54, 1.807) is 6.07 Å². The molecule has 1 aliphatic rings. The second-order valence-electron chi connectivity index (χ2n) is 5.40. The highest BCUT2D eigenvalue weighted by atomic mass is 16.5. The molecule has 1 aliphatic carbocycles. The highest BCUT2D eigenvalue weighted by molar-refractivity contribution is 5.05. The minimum absolute atomic E-state index is 0.108. The summed E-state index contributed by atoms with van der Waals surface area (Å²) in [5, 5.41) is 3.37. The highest BCUT2D eigenvalue weighted by Crippen LogP contribution is 2.22. The van der Waals surface area contributed by atoms with E-state index in [2.05, 4.69) is 29.1 Å². The lowest BCUT2D eigenvalue weighted by Crippen LogP contribution is -2.23. The molecular formula is C14H23N3O2. The second-order valence-corrected chi connectivity index (χ2v) is 5.40. The van der Waals surface area contributed by atoms with Crippen LogP contribution in [-0.4, -0.2) is 22.6 Å². The zero-order chi connectivity index (χ0) is 13.8. The Morgan fingerprint density at radius 2 is 2.26 bits per heavy atom. The predicted octanol–water partition coefficient (Wildman–Crippen LogP) is 1.76. The molecule has 106 valence electrons. The predicted molar refractivity (Wildman–Crippen MR) is 73.9 cm³/mol. The van der Waals surface area contributed by atoms with Gasteiger partial charge in [0.15, 0.2) is 0 Å². The van der Waals surface area contributed by atoms with Crippen molar-refractivity contribution in [3.63, 3.8) is 0 Å². The number of hydrogen-bond acceptors (Lipinski definition) is 4. The van der Waals surface area contributed by atoms with Gasteiger partial charge in [-0.15, -0.1) is 0 Å². The molecule has 0 aliphatic heterocycles. The highest BCUT2D eigenvalue weighted by Gasteiger charge is 2.22. The van der Waals surface area contributed by atoms with Crippen molar-refractivity contribution in [3.05, 3.63) is 27.9 Å². The molecule has 0 spiro atoms. The Morgan fingerprint density at radius 3 is 2.84 bits per heavy atom. The van der Waals surface area contributed by atoms with Crippen LogP contribution in [0.2, 0.25) is 0 Å². The van der Waals surface area contributed by atoms with E-state index in [1.807, 2.05) is 6.92 Å². The van der Waals surface area contributed by atoms with Crippen LogP contribution in [0.5, 0.6) is 0 Å². The monoisotopic (exact) mass is 265 g/mol. The summed E-state index contributed by atoms with van der Waals surface area (Å²) < 4.78 is 5.68. The minimum atomic E-state index is -0.154. The van der Waals surface area contributed by atoms with E-state index in [0.717, 1.165) is 5.69 Å². The Hall–Kier alpha value is -1.20. The smallest absolute Gasteiger partial charge is 0.251 e. The Balaban J connectivity index is 2.15. The topological polar surface area (TPSA) is 67.0 Å². The molecule has 1 aromatic heterocycles. The van der Waals surface area contributed by atoms with Crippen LogP contribution in [0.25, 0.3) is 0 Å². The maximum Gasteiger partial charge on any atom is 0.251 e. The van der Waals surface area contributed by atoms with Crippen molar-refractivity contribution in [2.24, 2.45) is 5.92 Å². The van der Waals surface area contributed by atoms with Crippen LogP contribution < -0.4 is 10.9 Å². The summed E-state index contributed by atoms with van der Waals surface area (Å²) in [5.74, 6) is 0.909. The fourth-order valence-electron chi connectivity index (χ4n) is 2.06. The maximum atomic E-state index is 11.7. The largest absolute Gasteiger partial charge is 0.370 e. The first kappa shape index (κ1) is 14.2. The Bertz CT molecular complexity index is 466. The summed E-state index contributed by atoms with van der Waals surface area (Å²) in [6, 6.07) is 2.17. The van der Waals surface area contributed by atoms with Gasteiger partial charge in [-0.1, -0.05) is 13.8 Å². The molecule has 1 unspecified atom stereocenters. The molecule has 1 saturated carbocycles. The van der Waals surface area contributed by atoms with Gasteiger partial charge in [-0.25, -0.2) is 4.98 Å². The zero-order valence-corrected chi connectivity index (χ0v) is 11.9. The molecule has 0 amide bonds. The first-order chi connectivity index (χ1) is 9.10. The van der Waals surface area contributed by atoms with Crippen LogP contribution >= 0.6 is 0 Å². The first-order valence-electron chi connectivity index (χ1n) is 7.05. The van der Waals surface area contributed by atoms with Crippen LogP contribution in [0.15, 0.2) is 10.9 Å². The summed E-state index contributed by atoms with van der Waals surface area (Å²) in [7, 11) is 0. The van der Waals surface area contributed by atoms with Gasteiger partial charge in [0.1, 0.15) is 11.9 Å². The number of hydrogen-bond donors (Lipinski definition) is 2. The van der Waals surface area contributed by atoms with Crippen LogP contribution in [0.3, 0.4) is 0 Å². The second kappa shape index (κ2) is 6.30. The van der Waals surface area contributed by atoms with E-state index >= 15 is 0 Å². The maximum absolute atomic E-state index is 11.7. The number of ether oxygens (including phenoxy) is 1. The van der Waals surface area contributed by atoms with Crippen molar-refractivity contribution in [2.45, 2.75) is 52.3 Å². The Morgan fingerprint density at radius 1 is 1.53 bits per heavy atom. The Kier molecular flexibility index (Phi) is 4.71. The van der Waals surface area contributed by atoms with Crippen molar-refractivity contribution >= 4 is 0 Å². The lowest BCUT2D eigenvalue weighted by molar-refractivity contribution is 0.0228. The van der Waals surface area contributed by atoms with Gasteiger partial charge < -0.3 is 15.0 Å². The third-order valence-electron chi connectivity index (χ3n) is 3.18. The van der Waals surface area contributed by atoms with Gasteiger partial charge in [0.05, 0.1) is 5.69 Å². The zero-order valence-electron chi connectivity index (χ0n) is 11.9. The quantitative estimate of drug-likeness (QED) is 0.788. The SMILES string of the molecule is CCOC(c1nc(CNC2CC2)cc(=O)[nH]1)C(C)C. The van der Waals surface area contributed by atoms with Crippen molar-refractivity contribution in [2.75, 3.05) is 6.61 Å². The van der Waals surface area contributed by atoms with E-state index < -0.39 is 0 Å². The molecule has 1 aromatic rings. The number of aromatic nitrogens is 2. The fraction of sp³-hybridized carbons (Fsp3) is 0.714. The molecule has 2 rings (SSSR count). The van der Waals surface area contributed by atoms with Crippen LogP contribution in [-0.2, 0) is 11.3 Å². The molecule has 1 heterocycles. The number of H-pyrrole nitrogens is 1. The number of rotatable bonds is 7. The normalized spacial score (nSPS) is 16.8. The van der Waals surface area contributed by atoms with Crippen molar-refractivity contribution in [1.82, 2.24) is 15.3 Å². The van der Waals surface area contributed by atoms with E-state index in [0.29, 0.717) is 25.0 Å². The van der Waals surface area contributed by atoms with Crippen LogP contribution in [0, 0.1) is 5.92 Å². The molecule has 1 fully saturated rings. The third-order valence-corrected chi connectivity index (χ3v) is 3.18. The lowest BCUT2D eigenvalue weighted by atomic mass is 10.1. The summed E-state index contributed by atoms with van der Waals surface area (Å²) in [6.45, 7) is 7.34.